The predicted molar refractivity (Wildman–Crippen MR) is 105 cm³/mol. The fraction of sp³-hybridized carbons (Fsp3) is 0.450. The molecule has 29 heavy (non-hydrogen) atoms. The van der Waals surface area contributed by atoms with Gasteiger partial charge >= 0.3 is 11.9 Å². The van der Waals surface area contributed by atoms with E-state index in [-0.39, 0.29) is 18.2 Å². The molecule has 1 fully saturated rings. The number of hydrogen-bond donors (Lipinski definition) is 1. The van der Waals surface area contributed by atoms with Gasteiger partial charge in [-0.05, 0) is 37.1 Å². The summed E-state index contributed by atoms with van der Waals surface area (Å²) < 4.78 is 20.2. The zero-order chi connectivity index (χ0) is 21.4. The minimum absolute atomic E-state index is 0.0608. The lowest BCUT2D eigenvalue weighted by Crippen LogP contribution is -2.43. The van der Waals surface area contributed by atoms with E-state index in [1.54, 1.807) is 17.0 Å². The monoisotopic (exact) mass is 406 g/mol. The average molecular weight is 406 g/mol. The molecule has 0 saturated carbocycles. The molecular formula is C20H26N2O7. The van der Waals surface area contributed by atoms with Gasteiger partial charge in [0.25, 0.3) is 5.91 Å². The number of carbonyl (C=O) groups excluding carboxylic acids is 3. The van der Waals surface area contributed by atoms with E-state index in [0.29, 0.717) is 37.7 Å². The Kier molecular flexibility index (Phi) is 8.02. The van der Waals surface area contributed by atoms with Crippen LogP contribution in [0.1, 0.15) is 11.1 Å². The average Bonchev–Trinajstić information content (AvgIpc) is 2.72. The molecule has 1 aromatic carbocycles. The van der Waals surface area contributed by atoms with Gasteiger partial charge in [-0.3, -0.25) is 4.79 Å². The molecule has 0 unspecified atom stereocenters. The topological polar surface area (TPSA) is 103 Å². The van der Waals surface area contributed by atoms with E-state index in [0.717, 1.165) is 17.2 Å². The molecular weight excluding hydrogens is 380 g/mol. The molecule has 9 nitrogen and oxygen atoms in total. The zero-order valence-electron chi connectivity index (χ0n) is 17.1. The number of anilines is 1. The van der Waals surface area contributed by atoms with Crippen LogP contribution >= 0.6 is 0 Å². The Morgan fingerprint density at radius 2 is 1.72 bits per heavy atom. The number of amides is 1. The number of esters is 2. The Morgan fingerprint density at radius 1 is 1.10 bits per heavy atom. The number of rotatable bonds is 7. The van der Waals surface area contributed by atoms with Gasteiger partial charge in [-0.15, -0.1) is 0 Å². The number of aryl methyl sites for hydroxylation is 2. The summed E-state index contributed by atoms with van der Waals surface area (Å²) in [7, 11) is 2.43. The predicted octanol–water partition coefficient (Wildman–Crippen LogP) is 1.18. The largest absolute Gasteiger partial charge is 0.483 e. The first-order chi connectivity index (χ1) is 13.8. The highest BCUT2D eigenvalue weighted by atomic mass is 16.5. The van der Waals surface area contributed by atoms with Gasteiger partial charge in [0.1, 0.15) is 11.4 Å². The highest BCUT2D eigenvalue weighted by Crippen LogP contribution is 2.28. The van der Waals surface area contributed by atoms with Crippen LogP contribution in [0.15, 0.2) is 23.9 Å². The molecule has 1 amide bonds. The van der Waals surface area contributed by atoms with Crippen molar-refractivity contribution in [1.29, 1.82) is 0 Å². The lowest BCUT2D eigenvalue weighted by atomic mass is 10.1. The van der Waals surface area contributed by atoms with Crippen molar-refractivity contribution in [2.45, 2.75) is 13.8 Å². The third kappa shape index (κ3) is 6.21. The van der Waals surface area contributed by atoms with Gasteiger partial charge in [0.05, 0.1) is 33.5 Å². The van der Waals surface area contributed by atoms with Crippen LogP contribution < -0.4 is 10.1 Å². The number of carbonyl (C=O) groups is 3. The highest BCUT2D eigenvalue weighted by Gasteiger charge is 2.19. The fourth-order valence-electron chi connectivity index (χ4n) is 2.88. The number of benzene rings is 1. The summed E-state index contributed by atoms with van der Waals surface area (Å²) >= 11 is 0. The standard InChI is InChI=1S/C20H26N2O7/c1-13-9-15(21-16(20(25)27-4)11-18(24)26-3)10-14(2)19(13)29-12-17(23)22-5-7-28-8-6-22/h9-11,21H,5-8,12H2,1-4H3/b16-11+. The van der Waals surface area contributed by atoms with Crippen molar-refractivity contribution >= 4 is 23.5 Å². The Labute approximate surface area is 169 Å². The molecule has 0 aliphatic carbocycles. The first-order valence-electron chi connectivity index (χ1n) is 9.10. The molecule has 2 rings (SSSR count). The van der Waals surface area contributed by atoms with Crippen LogP contribution in [0.25, 0.3) is 0 Å². The number of nitrogens with zero attached hydrogens (tertiary/aromatic N) is 1. The molecule has 0 spiro atoms. The summed E-state index contributed by atoms with van der Waals surface area (Å²) in [6, 6.07) is 3.49. The van der Waals surface area contributed by atoms with E-state index in [1.165, 1.54) is 14.2 Å². The van der Waals surface area contributed by atoms with Gasteiger partial charge in [-0.2, -0.15) is 0 Å². The second-order valence-corrected chi connectivity index (χ2v) is 6.42. The Morgan fingerprint density at radius 3 is 2.28 bits per heavy atom. The summed E-state index contributed by atoms with van der Waals surface area (Å²) in [5.74, 6) is -0.896. The maximum atomic E-state index is 12.3. The lowest BCUT2D eigenvalue weighted by Gasteiger charge is -2.27. The SMILES string of the molecule is COC(=O)/C=C(/Nc1cc(C)c(OCC(=O)N2CCOCC2)c(C)c1)C(=O)OC. The van der Waals surface area contributed by atoms with Crippen molar-refractivity contribution < 1.29 is 33.3 Å². The second kappa shape index (κ2) is 10.5. The summed E-state index contributed by atoms with van der Waals surface area (Å²) in [6.45, 7) is 5.78. The molecule has 0 aromatic heterocycles. The Bertz CT molecular complexity index is 775. The molecule has 1 aliphatic rings. The normalized spacial score (nSPS) is 14.2. The number of methoxy groups -OCH3 is 2. The summed E-state index contributed by atoms with van der Waals surface area (Å²) in [5.41, 5.74) is 2.04. The van der Waals surface area contributed by atoms with Crippen LogP contribution in [0.2, 0.25) is 0 Å². The van der Waals surface area contributed by atoms with Crippen molar-refractivity contribution in [3.8, 4) is 5.75 Å². The summed E-state index contributed by atoms with van der Waals surface area (Å²) in [4.78, 5) is 37.4. The molecule has 0 bridgehead atoms. The number of nitrogens with one attached hydrogen (secondary N) is 1. The van der Waals surface area contributed by atoms with Gasteiger partial charge in [0.15, 0.2) is 6.61 Å². The summed E-state index contributed by atoms with van der Waals surface area (Å²) in [6.07, 6.45) is 1.02. The quantitative estimate of drug-likeness (QED) is 0.532. The molecule has 0 atom stereocenters. The number of ether oxygens (including phenoxy) is 4. The van der Waals surface area contributed by atoms with E-state index < -0.39 is 11.9 Å². The summed E-state index contributed by atoms with van der Waals surface area (Å²) in [5, 5.41) is 2.86. The van der Waals surface area contributed by atoms with Gasteiger partial charge in [-0.25, -0.2) is 9.59 Å². The minimum Gasteiger partial charge on any atom is -0.483 e. The third-order valence-electron chi connectivity index (χ3n) is 4.31. The van der Waals surface area contributed by atoms with Crippen LogP contribution in [0, 0.1) is 13.8 Å². The van der Waals surface area contributed by atoms with E-state index in [9.17, 15) is 14.4 Å². The molecule has 1 aromatic rings. The third-order valence-corrected chi connectivity index (χ3v) is 4.31. The van der Waals surface area contributed by atoms with Crippen molar-refractivity contribution in [2.24, 2.45) is 0 Å². The highest BCUT2D eigenvalue weighted by molar-refractivity contribution is 5.98. The van der Waals surface area contributed by atoms with Gasteiger partial charge in [-0.1, -0.05) is 0 Å². The first-order valence-corrected chi connectivity index (χ1v) is 9.10. The smallest absolute Gasteiger partial charge is 0.354 e. The van der Waals surface area contributed by atoms with Crippen LogP contribution in [0.3, 0.4) is 0 Å². The molecule has 0 radical (unpaired) electrons. The lowest BCUT2D eigenvalue weighted by molar-refractivity contribution is -0.138. The van der Waals surface area contributed by atoms with Gasteiger partial charge < -0.3 is 29.2 Å². The minimum atomic E-state index is -0.706. The van der Waals surface area contributed by atoms with E-state index in [4.69, 9.17) is 9.47 Å². The van der Waals surface area contributed by atoms with Crippen molar-refractivity contribution in [3.63, 3.8) is 0 Å². The Hall–Kier alpha value is -3.07. The van der Waals surface area contributed by atoms with E-state index in [2.05, 4.69) is 14.8 Å². The van der Waals surface area contributed by atoms with Crippen molar-refractivity contribution in [3.05, 3.63) is 35.0 Å². The molecule has 9 heteroatoms. The molecule has 1 heterocycles. The van der Waals surface area contributed by atoms with Gasteiger partial charge in [0, 0.05) is 18.8 Å². The first kappa shape index (κ1) is 22.2. The Balaban J connectivity index is 2.11. The number of hydrogen-bond acceptors (Lipinski definition) is 8. The molecule has 1 saturated heterocycles. The molecule has 158 valence electrons. The van der Waals surface area contributed by atoms with Crippen molar-refractivity contribution in [1.82, 2.24) is 4.90 Å². The van der Waals surface area contributed by atoms with Crippen LogP contribution in [-0.4, -0.2) is 69.9 Å². The fourth-order valence-corrected chi connectivity index (χ4v) is 2.88. The van der Waals surface area contributed by atoms with Crippen molar-refractivity contribution in [2.75, 3.05) is 52.4 Å². The molecule has 1 aliphatic heterocycles. The van der Waals surface area contributed by atoms with E-state index >= 15 is 0 Å². The number of morpholine rings is 1. The van der Waals surface area contributed by atoms with Crippen LogP contribution in [0.5, 0.6) is 5.75 Å². The maximum Gasteiger partial charge on any atom is 0.354 e. The maximum absolute atomic E-state index is 12.3. The van der Waals surface area contributed by atoms with Gasteiger partial charge in [0.2, 0.25) is 0 Å². The van der Waals surface area contributed by atoms with Crippen LogP contribution in [0.4, 0.5) is 5.69 Å². The van der Waals surface area contributed by atoms with Crippen LogP contribution in [-0.2, 0) is 28.6 Å². The second-order valence-electron chi connectivity index (χ2n) is 6.42. The molecule has 1 N–H and O–H groups in total. The van der Waals surface area contributed by atoms with E-state index in [1.807, 2.05) is 13.8 Å². The zero-order valence-corrected chi connectivity index (χ0v) is 17.1.